The molecule has 0 saturated carbocycles. The predicted octanol–water partition coefficient (Wildman–Crippen LogP) is 4.47. The Morgan fingerprint density at radius 3 is 2.40 bits per heavy atom. The molecule has 3 N–H and O–H groups in total. The van der Waals surface area contributed by atoms with Crippen LogP contribution in [-0.2, 0) is 17.8 Å². The van der Waals surface area contributed by atoms with Crippen LogP contribution >= 0.6 is 35.6 Å². The second-order valence-corrected chi connectivity index (χ2v) is 7.31. The van der Waals surface area contributed by atoms with E-state index in [-0.39, 0.29) is 35.8 Å². The summed E-state index contributed by atoms with van der Waals surface area (Å²) in [5, 5.41) is 10.1. The van der Waals surface area contributed by atoms with Crippen LogP contribution < -0.4 is 20.7 Å². The summed E-state index contributed by atoms with van der Waals surface area (Å²) < 4.78 is 5.17. The predicted molar refractivity (Wildman–Crippen MR) is 135 cm³/mol. The molecule has 0 unspecified atom stereocenters. The van der Waals surface area contributed by atoms with Gasteiger partial charge in [-0.25, -0.2) is 0 Å². The number of halogens is 2. The van der Waals surface area contributed by atoms with Crippen LogP contribution in [0.3, 0.4) is 0 Å². The summed E-state index contributed by atoms with van der Waals surface area (Å²) in [6.07, 6.45) is 0.772. The molecule has 0 heterocycles. The zero-order chi connectivity index (χ0) is 21.2. The van der Waals surface area contributed by atoms with Gasteiger partial charge in [-0.2, -0.15) is 0 Å². The minimum absolute atomic E-state index is 0. The highest BCUT2D eigenvalue weighted by Gasteiger charge is 2.07. The van der Waals surface area contributed by atoms with E-state index in [0.29, 0.717) is 24.1 Å². The molecule has 8 heteroatoms. The van der Waals surface area contributed by atoms with Gasteiger partial charge in [0.1, 0.15) is 5.75 Å². The highest BCUT2D eigenvalue weighted by Crippen LogP contribution is 2.22. The van der Waals surface area contributed by atoms with E-state index in [9.17, 15) is 4.79 Å². The van der Waals surface area contributed by atoms with Gasteiger partial charge in [-0.3, -0.25) is 9.79 Å². The Kier molecular flexibility index (Phi) is 11.6. The highest BCUT2D eigenvalue weighted by molar-refractivity contribution is 14.0. The van der Waals surface area contributed by atoms with Crippen LogP contribution in [0.4, 0.5) is 5.69 Å². The van der Waals surface area contributed by atoms with Crippen LogP contribution in [0.1, 0.15) is 25.0 Å². The van der Waals surface area contributed by atoms with E-state index in [4.69, 9.17) is 16.3 Å². The van der Waals surface area contributed by atoms with Crippen molar-refractivity contribution < 1.29 is 9.53 Å². The minimum atomic E-state index is -0.0430. The number of anilines is 1. The van der Waals surface area contributed by atoms with Crippen molar-refractivity contribution in [2.45, 2.75) is 26.8 Å². The number of hydrogen-bond acceptors (Lipinski definition) is 3. The second-order valence-electron chi connectivity index (χ2n) is 6.90. The summed E-state index contributed by atoms with van der Waals surface area (Å²) in [6.45, 7) is 5.07. The van der Waals surface area contributed by atoms with Gasteiger partial charge in [0.2, 0.25) is 5.91 Å². The number of benzene rings is 2. The first-order chi connectivity index (χ1) is 13.9. The lowest BCUT2D eigenvalue weighted by Gasteiger charge is -2.13. The van der Waals surface area contributed by atoms with Gasteiger partial charge in [-0.15, -0.1) is 24.0 Å². The van der Waals surface area contributed by atoms with E-state index >= 15 is 0 Å². The average Bonchev–Trinajstić information content (AvgIpc) is 2.72. The monoisotopic (exact) mass is 544 g/mol. The molecule has 0 aliphatic carbocycles. The fourth-order valence-corrected chi connectivity index (χ4v) is 2.84. The lowest BCUT2D eigenvalue weighted by atomic mass is 10.1. The lowest BCUT2D eigenvalue weighted by molar-refractivity contribution is -0.118. The summed E-state index contributed by atoms with van der Waals surface area (Å²) in [5.74, 6) is 1.43. The van der Waals surface area contributed by atoms with Gasteiger partial charge in [0.05, 0.1) is 7.11 Å². The lowest BCUT2D eigenvalue weighted by Crippen LogP contribution is -2.37. The molecule has 30 heavy (non-hydrogen) atoms. The van der Waals surface area contributed by atoms with Crippen LogP contribution in [0.15, 0.2) is 47.5 Å². The van der Waals surface area contributed by atoms with E-state index in [0.717, 1.165) is 29.0 Å². The number of methoxy groups -OCH3 is 1. The molecule has 2 aromatic rings. The van der Waals surface area contributed by atoms with E-state index in [2.05, 4.69) is 20.9 Å². The Labute approximate surface area is 200 Å². The number of amides is 1. The maximum atomic E-state index is 11.7. The zero-order valence-electron chi connectivity index (χ0n) is 17.8. The molecule has 0 aromatic heterocycles. The third kappa shape index (κ3) is 8.39. The van der Waals surface area contributed by atoms with E-state index < -0.39 is 0 Å². The van der Waals surface area contributed by atoms with Crippen molar-refractivity contribution in [1.82, 2.24) is 10.6 Å². The van der Waals surface area contributed by atoms with Crippen LogP contribution in [0.5, 0.6) is 5.75 Å². The molecular formula is C22H30ClIN4O2. The van der Waals surface area contributed by atoms with Crippen molar-refractivity contribution in [1.29, 1.82) is 0 Å². The Bertz CT molecular complexity index is 842. The number of nitrogens with one attached hydrogen (secondary N) is 3. The number of hydrogen-bond donors (Lipinski definition) is 3. The molecule has 2 aromatic carbocycles. The summed E-state index contributed by atoms with van der Waals surface area (Å²) in [6, 6.07) is 13.5. The number of aliphatic imine (C=N–C) groups is 1. The fourth-order valence-electron chi connectivity index (χ4n) is 2.57. The maximum Gasteiger partial charge on any atom is 0.226 e. The smallest absolute Gasteiger partial charge is 0.226 e. The third-order valence-corrected chi connectivity index (χ3v) is 4.73. The first-order valence-electron chi connectivity index (χ1n) is 9.59. The first-order valence-corrected chi connectivity index (χ1v) is 9.97. The van der Waals surface area contributed by atoms with Gasteiger partial charge in [0.15, 0.2) is 5.96 Å². The highest BCUT2D eigenvalue weighted by atomic mass is 127. The largest absolute Gasteiger partial charge is 0.497 e. The Balaban J connectivity index is 0.00000450. The van der Waals surface area contributed by atoms with Crippen molar-refractivity contribution in [3.63, 3.8) is 0 Å². The number of guanidine groups is 1. The van der Waals surface area contributed by atoms with Crippen molar-refractivity contribution >= 4 is 53.1 Å². The summed E-state index contributed by atoms with van der Waals surface area (Å²) in [7, 11) is 3.36. The third-order valence-electron chi connectivity index (χ3n) is 4.38. The molecule has 0 aliphatic rings. The van der Waals surface area contributed by atoms with Crippen molar-refractivity contribution in [2.24, 2.45) is 10.9 Å². The van der Waals surface area contributed by atoms with Crippen LogP contribution in [-0.4, -0.2) is 32.6 Å². The topological polar surface area (TPSA) is 74.8 Å². The zero-order valence-corrected chi connectivity index (χ0v) is 20.9. The molecule has 164 valence electrons. The van der Waals surface area contributed by atoms with Gasteiger partial charge >= 0.3 is 0 Å². The van der Waals surface area contributed by atoms with Gasteiger partial charge < -0.3 is 20.7 Å². The molecular weight excluding hydrogens is 515 g/mol. The van der Waals surface area contributed by atoms with Crippen molar-refractivity contribution in [3.8, 4) is 5.75 Å². The summed E-state index contributed by atoms with van der Waals surface area (Å²) in [4.78, 5) is 16.0. The Morgan fingerprint density at radius 2 is 1.83 bits per heavy atom. The first kappa shape index (κ1) is 26.0. The average molecular weight is 545 g/mol. The van der Waals surface area contributed by atoms with Gasteiger partial charge in [0, 0.05) is 36.8 Å². The summed E-state index contributed by atoms with van der Waals surface area (Å²) >= 11 is 6.28. The fraction of sp³-hybridized carbons (Fsp3) is 0.364. The van der Waals surface area contributed by atoms with Gasteiger partial charge in [0.25, 0.3) is 0 Å². The molecule has 2 rings (SSSR count). The van der Waals surface area contributed by atoms with E-state index in [1.165, 1.54) is 0 Å². The normalized spacial score (nSPS) is 10.9. The Hall–Kier alpha value is -2.00. The van der Waals surface area contributed by atoms with Gasteiger partial charge in [-0.05, 0) is 41.8 Å². The Morgan fingerprint density at radius 1 is 1.13 bits per heavy atom. The number of carbonyl (C=O) groups is 1. The molecule has 0 bridgehead atoms. The summed E-state index contributed by atoms with van der Waals surface area (Å²) in [5.41, 5.74) is 2.94. The van der Waals surface area contributed by atoms with E-state index in [1.807, 2.05) is 56.3 Å². The molecule has 0 aliphatic heterocycles. The van der Waals surface area contributed by atoms with Crippen LogP contribution in [0, 0.1) is 5.92 Å². The van der Waals surface area contributed by atoms with Crippen molar-refractivity contribution in [2.75, 3.05) is 26.0 Å². The van der Waals surface area contributed by atoms with Gasteiger partial charge in [-0.1, -0.05) is 43.6 Å². The molecule has 0 radical (unpaired) electrons. The quantitative estimate of drug-likeness (QED) is 0.260. The maximum absolute atomic E-state index is 11.7. The van der Waals surface area contributed by atoms with Crippen LogP contribution in [0.2, 0.25) is 5.02 Å². The van der Waals surface area contributed by atoms with E-state index in [1.54, 1.807) is 14.2 Å². The number of nitrogens with zero attached hydrogens (tertiary/aromatic N) is 1. The second kappa shape index (κ2) is 13.3. The molecule has 6 nitrogen and oxygen atoms in total. The minimum Gasteiger partial charge on any atom is -0.497 e. The molecule has 0 saturated heterocycles. The molecule has 0 atom stereocenters. The van der Waals surface area contributed by atoms with Crippen molar-refractivity contribution in [3.05, 3.63) is 58.6 Å². The van der Waals surface area contributed by atoms with Crippen LogP contribution in [0.25, 0.3) is 0 Å². The number of ether oxygens (including phenoxy) is 1. The standard InChI is InChI=1S/C22H29ClN4O2.HI/c1-15(2)21(28)27-18-8-5-16(6-9-18)14-26-22(24-3)25-12-11-17-7-10-19(29-4)13-20(17)23;/h5-10,13,15H,11-12,14H2,1-4H3,(H,27,28)(H2,24,25,26);1H. The SMILES string of the molecule is CN=C(NCCc1ccc(OC)cc1Cl)NCc1ccc(NC(=O)C(C)C)cc1.I. The number of rotatable bonds is 8. The molecule has 0 fully saturated rings. The number of carbonyl (C=O) groups excluding carboxylic acids is 1. The molecule has 0 spiro atoms. The molecule has 1 amide bonds.